The van der Waals surface area contributed by atoms with Crippen LogP contribution in [0.5, 0.6) is 0 Å². The second-order valence-electron chi connectivity index (χ2n) is 9.71. The zero-order chi connectivity index (χ0) is 20.5. The third kappa shape index (κ3) is 13.4. The number of hydrogen-bond acceptors (Lipinski definition) is 1. The van der Waals surface area contributed by atoms with E-state index in [0.29, 0.717) is 12.0 Å². The minimum Gasteiger partial charge on any atom is -0.326 e. The van der Waals surface area contributed by atoms with E-state index >= 15 is 0 Å². The van der Waals surface area contributed by atoms with Gasteiger partial charge in [0.2, 0.25) is 0 Å². The molecule has 0 aromatic heterocycles. The fourth-order valence-electron chi connectivity index (χ4n) is 4.23. The van der Waals surface area contributed by atoms with Gasteiger partial charge in [-0.3, -0.25) is 0 Å². The average Bonchev–Trinajstić information content (AvgIpc) is 2.68. The van der Waals surface area contributed by atoms with Gasteiger partial charge in [0.1, 0.15) is 0 Å². The van der Waals surface area contributed by atoms with Gasteiger partial charge in [-0.25, -0.2) is 0 Å². The lowest BCUT2D eigenvalue weighted by Crippen LogP contribution is -2.15. The van der Waals surface area contributed by atoms with Crippen LogP contribution in [-0.2, 0) is 13.0 Å². The zero-order valence-electron chi connectivity index (χ0n) is 19.4. The minimum atomic E-state index is 0.404. The second kappa shape index (κ2) is 16.0. The van der Waals surface area contributed by atoms with Crippen molar-refractivity contribution in [2.75, 3.05) is 0 Å². The highest BCUT2D eigenvalue weighted by Gasteiger charge is 2.17. The third-order valence-corrected chi connectivity index (χ3v) is 6.15. The topological polar surface area (TPSA) is 26.0 Å². The molecule has 0 heterocycles. The van der Waals surface area contributed by atoms with Crippen LogP contribution in [0.15, 0.2) is 24.3 Å². The molecule has 0 aliphatic carbocycles. The minimum absolute atomic E-state index is 0.404. The van der Waals surface area contributed by atoms with E-state index in [1.807, 2.05) is 0 Å². The van der Waals surface area contributed by atoms with E-state index in [9.17, 15) is 0 Å². The Hall–Kier alpha value is -0.820. The molecule has 0 spiro atoms. The molecule has 0 saturated heterocycles. The van der Waals surface area contributed by atoms with Gasteiger partial charge in [-0.2, -0.15) is 0 Å². The van der Waals surface area contributed by atoms with Crippen LogP contribution in [0.2, 0.25) is 0 Å². The van der Waals surface area contributed by atoms with Gasteiger partial charge in [-0.05, 0) is 29.4 Å². The molecule has 1 rings (SSSR count). The summed E-state index contributed by atoms with van der Waals surface area (Å²) >= 11 is 0. The molecule has 1 nitrogen and oxygen atoms in total. The summed E-state index contributed by atoms with van der Waals surface area (Å²) in [6.07, 6.45) is 22.6. The molecule has 0 aliphatic rings. The second-order valence-corrected chi connectivity index (χ2v) is 9.71. The molecule has 0 unspecified atom stereocenters. The number of nitrogens with two attached hydrogens (primary N) is 1. The van der Waals surface area contributed by atoms with Gasteiger partial charge in [0.25, 0.3) is 0 Å². The van der Waals surface area contributed by atoms with Crippen LogP contribution in [0, 0.1) is 5.41 Å². The fraction of sp³-hybridized carbons (Fsp3) is 0.778. The van der Waals surface area contributed by atoms with Crippen molar-refractivity contribution < 1.29 is 0 Å². The first-order valence-electron chi connectivity index (χ1n) is 12.4. The van der Waals surface area contributed by atoms with Crippen molar-refractivity contribution in [2.24, 2.45) is 11.1 Å². The fourth-order valence-corrected chi connectivity index (χ4v) is 4.23. The van der Waals surface area contributed by atoms with Crippen LogP contribution in [0.25, 0.3) is 0 Å². The van der Waals surface area contributed by atoms with Crippen LogP contribution in [0.1, 0.15) is 128 Å². The lowest BCUT2D eigenvalue weighted by molar-refractivity contribution is 0.316. The highest BCUT2D eigenvalue weighted by molar-refractivity contribution is 5.23. The van der Waals surface area contributed by atoms with Crippen molar-refractivity contribution in [1.29, 1.82) is 0 Å². The Morgan fingerprint density at radius 3 is 1.43 bits per heavy atom. The zero-order valence-corrected chi connectivity index (χ0v) is 19.4. The molecule has 0 atom stereocenters. The highest BCUT2D eigenvalue weighted by atomic mass is 14.5. The Balaban J connectivity index is 1.94. The summed E-state index contributed by atoms with van der Waals surface area (Å²) in [5, 5.41) is 0. The van der Waals surface area contributed by atoms with E-state index < -0.39 is 0 Å². The maximum atomic E-state index is 5.69. The van der Waals surface area contributed by atoms with E-state index in [2.05, 4.69) is 45.0 Å². The SMILES string of the molecule is CCCCCCCCCCCCCCCCC(C)(C)Cc1ccc(CN)cc1. The standard InChI is InChI=1S/C27H49N/c1-4-5-6-7-8-9-10-11-12-13-14-15-16-17-22-27(2,3)23-25-18-20-26(24-28)21-19-25/h18-21H,4-17,22-24,28H2,1-3H3. The third-order valence-electron chi connectivity index (χ3n) is 6.15. The number of hydrogen-bond donors (Lipinski definition) is 1. The smallest absolute Gasteiger partial charge is 0.0178 e. The van der Waals surface area contributed by atoms with Crippen LogP contribution in [0.4, 0.5) is 0 Å². The molecular weight excluding hydrogens is 338 g/mol. The molecular formula is C27H49N. The Bertz CT molecular complexity index is 460. The first-order valence-corrected chi connectivity index (χ1v) is 12.4. The largest absolute Gasteiger partial charge is 0.326 e. The first-order chi connectivity index (χ1) is 13.6. The molecule has 2 N–H and O–H groups in total. The average molecular weight is 388 g/mol. The van der Waals surface area contributed by atoms with Crippen molar-refractivity contribution in [3.05, 3.63) is 35.4 Å². The maximum absolute atomic E-state index is 5.69. The normalized spacial score (nSPS) is 11.9. The maximum Gasteiger partial charge on any atom is 0.0178 e. The van der Waals surface area contributed by atoms with Gasteiger partial charge in [0.15, 0.2) is 0 Å². The van der Waals surface area contributed by atoms with Crippen molar-refractivity contribution in [2.45, 2.75) is 130 Å². The van der Waals surface area contributed by atoms with Gasteiger partial charge >= 0.3 is 0 Å². The van der Waals surface area contributed by atoms with E-state index in [1.54, 1.807) is 0 Å². The van der Waals surface area contributed by atoms with Gasteiger partial charge in [0.05, 0.1) is 0 Å². The Morgan fingerprint density at radius 2 is 1.00 bits per heavy atom. The molecule has 28 heavy (non-hydrogen) atoms. The Kier molecular flexibility index (Phi) is 14.4. The molecule has 0 bridgehead atoms. The van der Waals surface area contributed by atoms with Gasteiger partial charge < -0.3 is 5.73 Å². The summed E-state index contributed by atoms with van der Waals surface area (Å²) in [5.41, 5.74) is 8.78. The molecule has 1 aromatic rings. The monoisotopic (exact) mass is 387 g/mol. The summed E-state index contributed by atoms with van der Waals surface area (Å²) in [7, 11) is 0. The van der Waals surface area contributed by atoms with E-state index in [0.717, 1.165) is 0 Å². The predicted molar refractivity (Wildman–Crippen MR) is 127 cm³/mol. The predicted octanol–water partition coefficient (Wildman–Crippen LogP) is 8.59. The summed E-state index contributed by atoms with van der Waals surface area (Å²) < 4.78 is 0. The Morgan fingerprint density at radius 1 is 0.607 bits per heavy atom. The van der Waals surface area contributed by atoms with Crippen molar-refractivity contribution in [1.82, 2.24) is 0 Å². The van der Waals surface area contributed by atoms with Crippen LogP contribution >= 0.6 is 0 Å². The summed E-state index contributed by atoms with van der Waals surface area (Å²) in [6, 6.07) is 8.88. The molecule has 0 fully saturated rings. The van der Waals surface area contributed by atoms with Crippen molar-refractivity contribution in [3.63, 3.8) is 0 Å². The van der Waals surface area contributed by atoms with E-state index in [1.165, 1.54) is 114 Å². The molecule has 0 saturated carbocycles. The van der Waals surface area contributed by atoms with Gasteiger partial charge in [-0.15, -0.1) is 0 Å². The number of unbranched alkanes of at least 4 members (excludes halogenated alkanes) is 13. The lowest BCUT2D eigenvalue weighted by atomic mass is 9.81. The molecule has 0 radical (unpaired) electrons. The first kappa shape index (κ1) is 25.2. The molecule has 1 heteroatoms. The molecule has 1 aromatic carbocycles. The van der Waals surface area contributed by atoms with Crippen molar-refractivity contribution >= 4 is 0 Å². The lowest BCUT2D eigenvalue weighted by Gasteiger charge is -2.25. The van der Waals surface area contributed by atoms with Crippen LogP contribution < -0.4 is 5.73 Å². The van der Waals surface area contributed by atoms with E-state index in [4.69, 9.17) is 5.73 Å². The van der Waals surface area contributed by atoms with Gasteiger partial charge in [0, 0.05) is 6.54 Å². The molecule has 162 valence electrons. The quantitative estimate of drug-likeness (QED) is 0.251. The molecule has 0 aliphatic heterocycles. The Labute approximate surface area is 176 Å². The summed E-state index contributed by atoms with van der Waals surface area (Å²) in [6.45, 7) is 7.78. The van der Waals surface area contributed by atoms with Crippen LogP contribution in [0.3, 0.4) is 0 Å². The summed E-state index contributed by atoms with van der Waals surface area (Å²) in [4.78, 5) is 0. The van der Waals surface area contributed by atoms with Crippen molar-refractivity contribution in [3.8, 4) is 0 Å². The number of benzene rings is 1. The van der Waals surface area contributed by atoms with Gasteiger partial charge in [-0.1, -0.05) is 135 Å². The molecule has 0 amide bonds. The summed E-state index contributed by atoms with van der Waals surface area (Å²) in [5.74, 6) is 0. The van der Waals surface area contributed by atoms with Crippen LogP contribution in [-0.4, -0.2) is 0 Å². The van der Waals surface area contributed by atoms with E-state index in [-0.39, 0.29) is 0 Å². The number of rotatable bonds is 18. The highest BCUT2D eigenvalue weighted by Crippen LogP contribution is 2.29.